The Morgan fingerprint density at radius 2 is 1.04 bits per heavy atom. The molecular weight excluding hydrogens is 1060 g/mol. The number of hydrogen-bond acceptors (Lipinski definition) is 3. The number of rotatable bonds is 9. The van der Waals surface area contributed by atoms with E-state index in [4.69, 9.17) is 9.72 Å². The molecule has 0 aliphatic carbocycles. The van der Waals surface area contributed by atoms with Gasteiger partial charge in [0.1, 0.15) is 0 Å². The third-order valence-corrected chi connectivity index (χ3v) is 15.1. The van der Waals surface area contributed by atoms with Crippen LogP contribution in [-0.2, 0) is 24.8 Å². The second kappa shape index (κ2) is 17.6. The third-order valence-electron chi connectivity index (χ3n) is 14.1. The molecule has 0 saturated heterocycles. The number of pyridine rings is 1. The normalized spacial score (nSPS) is 12.4. The van der Waals surface area contributed by atoms with E-state index in [0.717, 1.165) is 48.8 Å². The molecule has 0 saturated carbocycles. The van der Waals surface area contributed by atoms with Gasteiger partial charge in [-0.3, -0.25) is 0 Å². The Kier molecular flexibility index (Phi) is 10.7. The van der Waals surface area contributed by atoms with Crippen LogP contribution in [0.25, 0.3) is 77.6 Å². The van der Waals surface area contributed by atoms with Crippen molar-refractivity contribution in [3.05, 3.63) is 246 Å². The Bertz CT molecular complexity index is 4080. The van der Waals surface area contributed by atoms with Crippen molar-refractivity contribution in [2.45, 2.75) is 26.2 Å². The monoisotopic (exact) mass is 1110 g/mol. The Morgan fingerprint density at radius 1 is 0.486 bits per heavy atom. The van der Waals surface area contributed by atoms with Gasteiger partial charge in [0.05, 0.1) is 0 Å². The topological polar surface area (TPSA) is 40.1 Å². The molecule has 4 heterocycles. The maximum atomic E-state index is 6.80. The van der Waals surface area contributed by atoms with Gasteiger partial charge in [-0.25, -0.2) is 0 Å². The van der Waals surface area contributed by atoms with Crippen LogP contribution in [0.15, 0.2) is 237 Å². The minimum atomic E-state index is -0.144. The Morgan fingerprint density at radius 3 is 1.75 bits per heavy atom. The number of benzene rings is 9. The zero-order valence-corrected chi connectivity index (χ0v) is 42.3. The average Bonchev–Trinajstić information content (AvgIpc) is 4.05. The number of ether oxygens (including phenoxy) is 1. The first kappa shape index (κ1) is 43.7. The molecule has 348 valence electrons. The van der Waals surface area contributed by atoms with Gasteiger partial charge in [0.2, 0.25) is 0 Å². The molecule has 0 atom stereocenters. The fourth-order valence-corrected chi connectivity index (χ4v) is 11.8. The van der Waals surface area contributed by atoms with Crippen molar-refractivity contribution in [1.82, 2.24) is 18.6 Å². The van der Waals surface area contributed by atoms with Gasteiger partial charge in [-0.2, -0.15) is 0 Å². The van der Waals surface area contributed by atoms with Crippen molar-refractivity contribution in [2.75, 3.05) is 4.81 Å². The molecule has 0 unspecified atom stereocenters. The third kappa shape index (κ3) is 7.38. The first-order valence-corrected chi connectivity index (χ1v) is 25.6. The molecule has 13 rings (SSSR count). The van der Waals surface area contributed by atoms with E-state index in [1.54, 1.807) is 0 Å². The molecule has 6 nitrogen and oxygen atoms in total. The van der Waals surface area contributed by atoms with E-state index in [2.05, 4.69) is 277 Å². The first-order valence-electron chi connectivity index (χ1n) is 24.5. The van der Waals surface area contributed by atoms with E-state index in [0.29, 0.717) is 11.6 Å². The van der Waals surface area contributed by atoms with E-state index < -0.39 is 0 Å². The number of anilines is 2. The fourth-order valence-electron chi connectivity index (χ4n) is 10.7. The quantitative estimate of drug-likeness (QED) is 0.135. The summed E-state index contributed by atoms with van der Waals surface area (Å²) in [6.07, 6.45) is 0. The molecule has 0 bridgehead atoms. The van der Waals surface area contributed by atoms with Gasteiger partial charge in [-0.1, -0.05) is 60.7 Å². The number of fused-ring (bicyclic) bond motifs is 4. The van der Waals surface area contributed by atoms with Crippen LogP contribution in [0.4, 0.5) is 11.5 Å². The SMILES string of the molecule is CC(C)(C)c1cc(-c2ccccc2)c(-n2[c](=[Pt])n(-c3cccc(Oc4cccc(N5B(c6ccccc6)n6c7ccccc7c7cccc5c76)n4)c3)c3ccccc32)c(-c2ccc(-c3ccccc3)cc2)c1. The predicted octanol–water partition coefficient (Wildman–Crippen LogP) is 15.5. The second-order valence-electron chi connectivity index (χ2n) is 19.5. The number of hydrogen-bond donors (Lipinski definition) is 0. The van der Waals surface area contributed by atoms with Crippen molar-refractivity contribution >= 4 is 56.8 Å². The van der Waals surface area contributed by atoms with Crippen LogP contribution in [-0.4, -0.2) is 25.6 Å². The zero-order chi connectivity index (χ0) is 48.5. The number of imidazole rings is 1. The standard InChI is InChI=1S/C64H48BN5O.Pt/c1-64(2,3)48-40-54(46-22-9-5-10-23-46)62(55(41-48)47-38-36-45(37-39-47)44-20-7-4-8-21-44)68-43-67(57-31-15-16-32-58(57)68)50-26-17-27-51(42-50)71-61-35-19-34-60(66-61)69-59-33-18-29-53-52-28-13-14-30-56(52)70(63(53)59)65(69)49-24-11-6-12-25-49;/h4-42H,1-3H3;. The van der Waals surface area contributed by atoms with Gasteiger partial charge in [-0.05, 0) is 6.07 Å². The Balaban J connectivity index is 0.930. The summed E-state index contributed by atoms with van der Waals surface area (Å²) >= 11 is 2.53. The Hall–Kier alpha value is -8.25. The molecular formula is C64H48BN5OPt. The molecule has 3 aromatic heterocycles. The molecule has 9 aromatic carbocycles. The Labute approximate surface area is 430 Å². The van der Waals surface area contributed by atoms with E-state index in [1.165, 1.54) is 55.1 Å². The van der Waals surface area contributed by atoms with Crippen molar-refractivity contribution < 1.29 is 24.1 Å². The van der Waals surface area contributed by atoms with Crippen LogP contribution in [0.1, 0.15) is 26.3 Å². The molecule has 0 amide bonds. The summed E-state index contributed by atoms with van der Waals surface area (Å²) in [5.74, 6) is 2.01. The molecule has 0 spiro atoms. The van der Waals surface area contributed by atoms with Gasteiger partial charge >= 0.3 is 350 Å². The van der Waals surface area contributed by atoms with Crippen LogP contribution < -0.4 is 15.0 Å². The van der Waals surface area contributed by atoms with Gasteiger partial charge in [0, 0.05) is 16.3 Å². The van der Waals surface area contributed by atoms with E-state index >= 15 is 0 Å². The van der Waals surface area contributed by atoms with Gasteiger partial charge < -0.3 is 0 Å². The van der Waals surface area contributed by atoms with Crippen LogP contribution in [0, 0.1) is 3.80 Å². The van der Waals surface area contributed by atoms with E-state index in [1.807, 2.05) is 18.2 Å². The average molecular weight is 1110 g/mol. The molecule has 72 heavy (non-hydrogen) atoms. The number of nitrogens with zero attached hydrogens (tertiary/aromatic N) is 5. The van der Waals surface area contributed by atoms with Gasteiger partial charge in [-0.15, -0.1) is 0 Å². The molecule has 12 aromatic rings. The number of para-hydroxylation sites is 4. The van der Waals surface area contributed by atoms with Crippen molar-refractivity contribution in [1.29, 1.82) is 0 Å². The van der Waals surface area contributed by atoms with Crippen molar-refractivity contribution in [3.8, 4) is 56.4 Å². The summed E-state index contributed by atoms with van der Waals surface area (Å²) in [4.78, 5) is 7.62. The minimum absolute atomic E-state index is 0.103. The first-order chi connectivity index (χ1) is 35.3. The molecule has 0 radical (unpaired) electrons. The van der Waals surface area contributed by atoms with E-state index in [9.17, 15) is 0 Å². The maximum absolute atomic E-state index is 6.80. The predicted molar refractivity (Wildman–Crippen MR) is 294 cm³/mol. The summed E-state index contributed by atoms with van der Waals surface area (Å²) in [6, 6.07) is 84.5. The molecule has 1 aliphatic rings. The van der Waals surface area contributed by atoms with Gasteiger partial charge in [0.25, 0.3) is 0 Å². The molecule has 0 N–H and O–H groups in total. The summed E-state index contributed by atoms with van der Waals surface area (Å²) in [5, 5.41) is 2.48. The fraction of sp³-hybridized carbons (Fsp3) is 0.0625. The number of aromatic nitrogens is 4. The summed E-state index contributed by atoms with van der Waals surface area (Å²) in [7, 11) is 0. The summed E-state index contributed by atoms with van der Waals surface area (Å²) in [6.45, 7) is 6.76. The van der Waals surface area contributed by atoms with Gasteiger partial charge in [0.15, 0.2) is 0 Å². The molecule has 0 fully saturated rings. The summed E-state index contributed by atoms with van der Waals surface area (Å²) in [5.41, 5.74) is 17.2. The van der Waals surface area contributed by atoms with Crippen LogP contribution >= 0.6 is 0 Å². The van der Waals surface area contributed by atoms with Crippen LogP contribution in [0.5, 0.6) is 11.6 Å². The van der Waals surface area contributed by atoms with Crippen LogP contribution in [0.2, 0.25) is 0 Å². The molecule has 1 aliphatic heterocycles. The van der Waals surface area contributed by atoms with E-state index in [-0.39, 0.29) is 12.4 Å². The second-order valence-corrected chi connectivity index (χ2v) is 20.5. The zero-order valence-electron chi connectivity index (χ0n) is 40.1. The summed E-state index contributed by atoms with van der Waals surface area (Å²) < 4.78 is 15.1. The van der Waals surface area contributed by atoms with Crippen molar-refractivity contribution in [3.63, 3.8) is 0 Å². The van der Waals surface area contributed by atoms with Crippen LogP contribution in [0.3, 0.4) is 0 Å². The molecule has 8 heteroatoms. The van der Waals surface area contributed by atoms with Crippen molar-refractivity contribution in [2.24, 2.45) is 0 Å².